The van der Waals surface area contributed by atoms with E-state index >= 15 is 0 Å². The van der Waals surface area contributed by atoms with Crippen LogP contribution in [0.5, 0.6) is 0 Å². The Hall–Kier alpha value is -1.55. The van der Waals surface area contributed by atoms with Gasteiger partial charge in [-0.3, -0.25) is 4.68 Å². The third-order valence-corrected chi connectivity index (χ3v) is 2.65. The Morgan fingerprint density at radius 1 is 1.47 bits per heavy atom. The molecule has 0 bridgehead atoms. The zero-order valence-electron chi connectivity index (χ0n) is 9.19. The molecule has 1 N–H and O–H groups in total. The lowest BCUT2D eigenvalue weighted by Gasteiger charge is -2.15. The van der Waals surface area contributed by atoms with Gasteiger partial charge in [0, 0.05) is 18.8 Å². The minimum atomic E-state index is 0.135. The molecule has 0 aliphatic rings. The van der Waals surface area contributed by atoms with Gasteiger partial charge in [0.15, 0.2) is 0 Å². The van der Waals surface area contributed by atoms with E-state index in [2.05, 4.69) is 10.4 Å². The van der Waals surface area contributed by atoms with Crippen molar-refractivity contribution in [2.45, 2.75) is 13.0 Å². The molecule has 0 saturated heterocycles. The summed E-state index contributed by atoms with van der Waals surface area (Å²) in [4.78, 5) is 0. The van der Waals surface area contributed by atoms with E-state index in [0.717, 1.165) is 17.0 Å². The lowest BCUT2D eigenvalue weighted by molar-refractivity contribution is 0.518. The Kier molecular flexibility index (Phi) is 2.60. The van der Waals surface area contributed by atoms with Gasteiger partial charge in [0.05, 0.1) is 18.0 Å². The molecule has 0 radical (unpaired) electrons. The average molecular weight is 205 g/mol. The number of nitrogens with zero attached hydrogens (tertiary/aromatic N) is 2. The Bertz CT molecular complexity index is 404. The van der Waals surface area contributed by atoms with Crippen molar-refractivity contribution in [3.8, 4) is 0 Å². The highest BCUT2D eigenvalue weighted by Gasteiger charge is 2.18. The average Bonchev–Trinajstić information content (AvgIpc) is 2.80. The second kappa shape index (κ2) is 3.90. The fourth-order valence-corrected chi connectivity index (χ4v) is 1.82. The Morgan fingerprint density at radius 2 is 2.27 bits per heavy atom. The number of aryl methyl sites for hydroxylation is 2. The maximum Gasteiger partial charge on any atom is 0.105 e. The highest BCUT2D eigenvalue weighted by Crippen LogP contribution is 2.24. The molecule has 2 aromatic heterocycles. The van der Waals surface area contributed by atoms with E-state index in [1.165, 1.54) is 0 Å². The van der Waals surface area contributed by atoms with Crippen molar-refractivity contribution >= 4 is 0 Å². The van der Waals surface area contributed by atoms with Gasteiger partial charge < -0.3 is 9.73 Å². The van der Waals surface area contributed by atoms with Crippen LogP contribution in [-0.2, 0) is 7.05 Å². The zero-order valence-corrected chi connectivity index (χ0v) is 9.19. The third-order valence-electron chi connectivity index (χ3n) is 2.65. The van der Waals surface area contributed by atoms with Crippen molar-refractivity contribution in [3.63, 3.8) is 0 Å². The van der Waals surface area contributed by atoms with E-state index in [1.807, 2.05) is 37.8 Å². The van der Waals surface area contributed by atoms with Crippen molar-refractivity contribution in [1.29, 1.82) is 0 Å². The summed E-state index contributed by atoms with van der Waals surface area (Å²) in [6.45, 7) is 1.97. The molecule has 2 rings (SSSR count). The molecule has 0 spiro atoms. The highest BCUT2D eigenvalue weighted by molar-refractivity contribution is 5.28. The summed E-state index contributed by atoms with van der Waals surface area (Å²) < 4.78 is 7.18. The van der Waals surface area contributed by atoms with E-state index in [0.29, 0.717) is 0 Å². The molecular formula is C11H15N3O. The van der Waals surface area contributed by atoms with Gasteiger partial charge in [-0.05, 0) is 26.1 Å². The van der Waals surface area contributed by atoms with Crippen LogP contribution in [0.3, 0.4) is 0 Å². The first-order chi connectivity index (χ1) is 7.24. The summed E-state index contributed by atoms with van der Waals surface area (Å²) in [7, 11) is 3.87. The van der Waals surface area contributed by atoms with Crippen LogP contribution in [-0.4, -0.2) is 16.8 Å². The SMILES string of the molecule is CNC(c1ccoc1C)c1ccnn1C. The monoisotopic (exact) mass is 205 g/mol. The first kappa shape index (κ1) is 9.98. The molecule has 15 heavy (non-hydrogen) atoms. The van der Waals surface area contributed by atoms with Crippen molar-refractivity contribution in [2.24, 2.45) is 7.05 Å². The molecule has 4 nitrogen and oxygen atoms in total. The van der Waals surface area contributed by atoms with Crippen LogP contribution in [0.25, 0.3) is 0 Å². The van der Waals surface area contributed by atoms with Gasteiger partial charge in [0.1, 0.15) is 5.76 Å². The predicted octanol–water partition coefficient (Wildman–Crippen LogP) is 1.63. The molecule has 0 aliphatic carbocycles. The molecule has 0 aliphatic heterocycles. The number of furan rings is 1. The molecule has 1 unspecified atom stereocenters. The largest absolute Gasteiger partial charge is 0.469 e. The molecular weight excluding hydrogens is 190 g/mol. The van der Waals surface area contributed by atoms with Crippen molar-refractivity contribution in [1.82, 2.24) is 15.1 Å². The summed E-state index contributed by atoms with van der Waals surface area (Å²) in [5, 5.41) is 7.44. The molecule has 0 fully saturated rings. The Labute approximate surface area is 88.9 Å². The highest BCUT2D eigenvalue weighted by atomic mass is 16.3. The van der Waals surface area contributed by atoms with Gasteiger partial charge in [-0.2, -0.15) is 5.10 Å². The number of rotatable bonds is 3. The van der Waals surface area contributed by atoms with Crippen molar-refractivity contribution in [3.05, 3.63) is 41.6 Å². The molecule has 1 atom stereocenters. The van der Waals surface area contributed by atoms with Gasteiger partial charge in [-0.1, -0.05) is 0 Å². The molecule has 0 aromatic carbocycles. The summed E-state index contributed by atoms with van der Waals surface area (Å²) in [6, 6.07) is 4.13. The second-order valence-electron chi connectivity index (χ2n) is 3.53. The normalized spacial score (nSPS) is 13.0. The topological polar surface area (TPSA) is 43.0 Å². The van der Waals surface area contributed by atoms with E-state index in [4.69, 9.17) is 4.42 Å². The van der Waals surface area contributed by atoms with Crippen LogP contribution in [0.1, 0.15) is 23.1 Å². The summed E-state index contributed by atoms with van der Waals surface area (Å²) in [5.41, 5.74) is 2.28. The zero-order chi connectivity index (χ0) is 10.8. The summed E-state index contributed by atoms with van der Waals surface area (Å²) >= 11 is 0. The van der Waals surface area contributed by atoms with Crippen molar-refractivity contribution < 1.29 is 4.42 Å². The van der Waals surface area contributed by atoms with Crippen LogP contribution >= 0.6 is 0 Å². The van der Waals surface area contributed by atoms with Crippen molar-refractivity contribution in [2.75, 3.05) is 7.05 Å². The first-order valence-corrected chi connectivity index (χ1v) is 4.93. The van der Waals surface area contributed by atoms with E-state index < -0.39 is 0 Å². The maximum absolute atomic E-state index is 5.32. The van der Waals surface area contributed by atoms with Gasteiger partial charge in [-0.15, -0.1) is 0 Å². The lowest BCUT2D eigenvalue weighted by atomic mass is 10.1. The van der Waals surface area contributed by atoms with Gasteiger partial charge in [0.2, 0.25) is 0 Å². The van der Waals surface area contributed by atoms with Gasteiger partial charge >= 0.3 is 0 Å². The minimum Gasteiger partial charge on any atom is -0.469 e. The van der Waals surface area contributed by atoms with E-state index in [9.17, 15) is 0 Å². The molecule has 2 heterocycles. The first-order valence-electron chi connectivity index (χ1n) is 4.93. The Balaban J connectivity index is 2.41. The predicted molar refractivity (Wildman–Crippen MR) is 57.6 cm³/mol. The number of hydrogen-bond acceptors (Lipinski definition) is 3. The smallest absolute Gasteiger partial charge is 0.105 e. The quantitative estimate of drug-likeness (QED) is 0.828. The number of hydrogen-bond donors (Lipinski definition) is 1. The second-order valence-corrected chi connectivity index (χ2v) is 3.53. The summed E-state index contributed by atoms with van der Waals surface area (Å²) in [6.07, 6.45) is 3.51. The molecule has 4 heteroatoms. The van der Waals surface area contributed by atoms with E-state index in [-0.39, 0.29) is 6.04 Å². The van der Waals surface area contributed by atoms with E-state index in [1.54, 1.807) is 12.5 Å². The van der Waals surface area contributed by atoms with Crippen LogP contribution in [0, 0.1) is 6.92 Å². The molecule has 0 saturated carbocycles. The van der Waals surface area contributed by atoms with Crippen LogP contribution in [0.2, 0.25) is 0 Å². The molecule has 80 valence electrons. The van der Waals surface area contributed by atoms with Gasteiger partial charge in [-0.25, -0.2) is 0 Å². The molecule has 2 aromatic rings. The standard InChI is InChI=1S/C11H15N3O/c1-8-9(5-7-15-8)11(12-2)10-4-6-13-14(10)3/h4-7,11-12H,1-3H3. The maximum atomic E-state index is 5.32. The molecule has 0 amide bonds. The van der Waals surface area contributed by atoms with Crippen LogP contribution in [0.15, 0.2) is 29.0 Å². The Morgan fingerprint density at radius 3 is 2.73 bits per heavy atom. The summed E-state index contributed by atoms with van der Waals surface area (Å²) in [5.74, 6) is 0.940. The van der Waals surface area contributed by atoms with Crippen LogP contribution < -0.4 is 5.32 Å². The number of nitrogens with one attached hydrogen (secondary N) is 1. The fraction of sp³-hybridized carbons (Fsp3) is 0.364. The number of aromatic nitrogens is 2. The lowest BCUT2D eigenvalue weighted by Crippen LogP contribution is -2.20. The third kappa shape index (κ3) is 1.68. The minimum absolute atomic E-state index is 0.135. The van der Waals surface area contributed by atoms with Gasteiger partial charge in [0.25, 0.3) is 0 Å². The fourth-order valence-electron chi connectivity index (χ4n) is 1.82. The van der Waals surface area contributed by atoms with Crippen LogP contribution in [0.4, 0.5) is 0 Å².